The van der Waals surface area contributed by atoms with Gasteiger partial charge in [-0.15, -0.1) is 11.3 Å². The number of aryl methyl sites for hydroxylation is 1. The molecule has 0 aliphatic carbocycles. The quantitative estimate of drug-likeness (QED) is 0.866. The third-order valence-corrected chi connectivity index (χ3v) is 3.79. The lowest BCUT2D eigenvalue weighted by atomic mass is 10.0. The summed E-state index contributed by atoms with van der Waals surface area (Å²) in [5.41, 5.74) is 7.67. The van der Waals surface area contributed by atoms with Gasteiger partial charge in [0.15, 0.2) is 0 Å². The van der Waals surface area contributed by atoms with Crippen molar-refractivity contribution in [1.29, 1.82) is 0 Å². The maximum atomic E-state index is 13.2. The van der Waals surface area contributed by atoms with Crippen LogP contribution in [0.3, 0.4) is 0 Å². The Bertz CT molecular complexity index is 489. The van der Waals surface area contributed by atoms with E-state index in [1.54, 1.807) is 6.07 Å². The minimum atomic E-state index is -0.359. The Morgan fingerprint density at radius 2 is 2.12 bits per heavy atom. The van der Waals surface area contributed by atoms with Gasteiger partial charge in [0.1, 0.15) is 5.82 Å². The summed E-state index contributed by atoms with van der Waals surface area (Å²) in [6.45, 7) is 1.84. The fourth-order valence-corrected chi connectivity index (χ4v) is 2.83. The second kappa shape index (κ2) is 4.53. The molecule has 0 fully saturated rings. The monoisotopic (exact) mass is 255 g/mol. The highest BCUT2D eigenvalue weighted by atomic mass is 35.5. The van der Waals surface area contributed by atoms with Crippen LogP contribution in [0, 0.1) is 12.7 Å². The van der Waals surface area contributed by atoms with Gasteiger partial charge in [0.2, 0.25) is 0 Å². The van der Waals surface area contributed by atoms with Gasteiger partial charge in [0, 0.05) is 4.88 Å². The molecule has 1 nitrogen and oxygen atoms in total. The van der Waals surface area contributed by atoms with Crippen LogP contribution in [0.4, 0.5) is 4.39 Å². The number of benzene rings is 1. The first-order valence-electron chi connectivity index (χ1n) is 4.83. The Morgan fingerprint density at radius 3 is 2.69 bits per heavy atom. The highest BCUT2D eigenvalue weighted by Gasteiger charge is 2.14. The van der Waals surface area contributed by atoms with Gasteiger partial charge in [0.25, 0.3) is 0 Å². The summed E-state index contributed by atoms with van der Waals surface area (Å²) < 4.78 is 13.2. The molecule has 1 aromatic carbocycles. The van der Waals surface area contributed by atoms with Crippen molar-refractivity contribution in [3.05, 3.63) is 56.5 Å². The third-order valence-electron chi connectivity index (χ3n) is 2.35. The molecule has 0 aliphatic rings. The van der Waals surface area contributed by atoms with Crippen LogP contribution >= 0.6 is 22.9 Å². The number of rotatable bonds is 2. The zero-order chi connectivity index (χ0) is 11.7. The average Bonchev–Trinajstić information content (AvgIpc) is 2.62. The van der Waals surface area contributed by atoms with Crippen LogP contribution in [-0.2, 0) is 0 Å². The molecule has 2 aromatic rings. The van der Waals surface area contributed by atoms with Gasteiger partial charge < -0.3 is 5.73 Å². The molecule has 1 unspecified atom stereocenters. The van der Waals surface area contributed by atoms with E-state index in [4.69, 9.17) is 17.3 Å². The Hall–Kier alpha value is -0.900. The summed E-state index contributed by atoms with van der Waals surface area (Å²) in [5.74, 6) is -0.266. The van der Waals surface area contributed by atoms with Crippen molar-refractivity contribution >= 4 is 22.9 Å². The van der Waals surface area contributed by atoms with Crippen LogP contribution < -0.4 is 5.73 Å². The highest BCUT2D eigenvalue weighted by Crippen LogP contribution is 2.31. The predicted molar refractivity (Wildman–Crippen MR) is 66.5 cm³/mol. The van der Waals surface area contributed by atoms with Crippen molar-refractivity contribution in [2.24, 2.45) is 5.73 Å². The van der Waals surface area contributed by atoms with Crippen LogP contribution in [-0.4, -0.2) is 0 Å². The minimum absolute atomic E-state index is 0.266. The predicted octanol–water partition coefficient (Wildman–Crippen LogP) is 3.90. The van der Waals surface area contributed by atoms with Crippen molar-refractivity contribution in [2.45, 2.75) is 13.0 Å². The maximum absolute atomic E-state index is 13.2. The number of hydrogen-bond acceptors (Lipinski definition) is 2. The van der Waals surface area contributed by atoms with E-state index in [2.05, 4.69) is 0 Å². The molecule has 1 aromatic heterocycles. The topological polar surface area (TPSA) is 26.0 Å². The first-order chi connectivity index (χ1) is 7.58. The van der Waals surface area contributed by atoms with Crippen molar-refractivity contribution in [3.63, 3.8) is 0 Å². The van der Waals surface area contributed by atoms with Gasteiger partial charge >= 0.3 is 0 Å². The van der Waals surface area contributed by atoms with Crippen LogP contribution in [0.15, 0.2) is 29.6 Å². The Labute approximate surface area is 103 Å². The third kappa shape index (κ3) is 2.26. The molecular weight excluding hydrogens is 245 g/mol. The van der Waals surface area contributed by atoms with Crippen molar-refractivity contribution < 1.29 is 4.39 Å². The lowest BCUT2D eigenvalue weighted by Crippen LogP contribution is -2.11. The summed E-state index contributed by atoms with van der Waals surface area (Å²) >= 11 is 7.49. The fraction of sp³-hybridized carbons (Fsp3) is 0.167. The lowest BCUT2D eigenvalue weighted by molar-refractivity contribution is 0.622. The smallest absolute Gasteiger partial charge is 0.123 e. The van der Waals surface area contributed by atoms with Gasteiger partial charge in [-0.05, 0) is 41.6 Å². The van der Waals surface area contributed by atoms with Crippen molar-refractivity contribution in [1.82, 2.24) is 0 Å². The molecule has 0 bridgehead atoms. The Morgan fingerprint density at radius 1 is 1.38 bits per heavy atom. The summed E-state index contributed by atoms with van der Waals surface area (Å²) in [5, 5.41) is 2.52. The Kier molecular flexibility index (Phi) is 3.28. The van der Waals surface area contributed by atoms with Crippen LogP contribution in [0.5, 0.6) is 0 Å². The molecule has 16 heavy (non-hydrogen) atoms. The summed E-state index contributed by atoms with van der Waals surface area (Å²) in [4.78, 5) is 0.867. The molecule has 0 spiro atoms. The normalized spacial score (nSPS) is 12.8. The number of hydrogen-bond donors (Lipinski definition) is 1. The summed E-state index contributed by atoms with van der Waals surface area (Å²) in [6, 6.07) is 6.25. The summed E-state index contributed by atoms with van der Waals surface area (Å²) in [6.07, 6.45) is 0. The molecule has 0 saturated carbocycles. The second-order valence-corrected chi connectivity index (χ2v) is 5.03. The first-order valence-corrected chi connectivity index (χ1v) is 6.09. The van der Waals surface area contributed by atoms with Crippen LogP contribution in [0.2, 0.25) is 5.02 Å². The average molecular weight is 256 g/mol. The highest BCUT2D eigenvalue weighted by molar-refractivity contribution is 7.10. The van der Waals surface area contributed by atoms with E-state index in [1.807, 2.05) is 18.4 Å². The van der Waals surface area contributed by atoms with E-state index in [0.29, 0.717) is 5.02 Å². The van der Waals surface area contributed by atoms with Gasteiger partial charge in [-0.25, -0.2) is 4.39 Å². The van der Waals surface area contributed by atoms with E-state index < -0.39 is 0 Å². The molecule has 0 radical (unpaired) electrons. The number of thiophene rings is 1. The molecule has 1 heterocycles. The molecule has 84 valence electrons. The standard InChI is InChI=1S/C12H11ClFNS/c1-7-4-8(6-9(14)5-7)11(15)12-10(13)2-3-16-12/h2-6,11H,15H2,1H3. The molecule has 0 saturated heterocycles. The van der Waals surface area contributed by atoms with Crippen LogP contribution in [0.25, 0.3) is 0 Å². The molecule has 2 N–H and O–H groups in total. The van der Waals surface area contributed by atoms with Crippen LogP contribution in [0.1, 0.15) is 22.0 Å². The minimum Gasteiger partial charge on any atom is -0.320 e. The molecule has 1 atom stereocenters. The number of nitrogens with two attached hydrogens (primary N) is 1. The van der Waals surface area contributed by atoms with Gasteiger partial charge in [-0.2, -0.15) is 0 Å². The van der Waals surface area contributed by atoms with Gasteiger partial charge in [0.05, 0.1) is 11.1 Å². The number of halogens is 2. The molecule has 4 heteroatoms. The molecule has 2 rings (SSSR count). The van der Waals surface area contributed by atoms with E-state index in [0.717, 1.165) is 16.0 Å². The van der Waals surface area contributed by atoms with Gasteiger partial charge in [-0.3, -0.25) is 0 Å². The second-order valence-electron chi connectivity index (χ2n) is 3.67. The first kappa shape index (κ1) is 11.6. The van der Waals surface area contributed by atoms with Crippen molar-refractivity contribution in [2.75, 3.05) is 0 Å². The maximum Gasteiger partial charge on any atom is 0.123 e. The fourth-order valence-electron chi connectivity index (χ4n) is 1.62. The van der Waals surface area contributed by atoms with E-state index in [9.17, 15) is 4.39 Å². The largest absolute Gasteiger partial charge is 0.320 e. The van der Waals surface area contributed by atoms with Gasteiger partial charge in [-0.1, -0.05) is 17.7 Å². The molecule has 0 amide bonds. The lowest BCUT2D eigenvalue weighted by Gasteiger charge is -2.12. The van der Waals surface area contributed by atoms with E-state index in [-0.39, 0.29) is 11.9 Å². The Balaban J connectivity index is 2.41. The zero-order valence-electron chi connectivity index (χ0n) is 8.71. The SMILES string of the molecule is Cc1cc(F)cc(C(N)c2sccc2Cl)c1. The summed E-state index contributed by atoms with van der Waals surface area (Å²) in [7, 11) is 0. The molecule has 0 aliphatic heterocycles. The van der Waals surface area contributed by atoms with Crippen molar-refractivity contribution in [3.8, 4) is 0 Å². The van der Waals surface area contributed by atoms with E-state index >= 15 is 0 Å². The molecular formula is C12H11ClFNS. The zero-order valence-corrected chi connectivity index (χ0v) is 10.3. The van der Waals surface area contributed by atoms with E-state index in [1.165, 1.54) is 23.5 Å².